The molecule has 17 heavy (non-hydrogen) atoms. The number of methoxy groups -OCH3 is 1. The summed E-state index contributed by atoms with van der Waals surface area (Å²) in [6, 6.07) is 7.01. The molecule has 90 valence electrons. The smallest absolute Gasteiger partial charge is 0.261 e. The summed E-state index contributed by atoms with van der Waals surface area (Å²) in [7, 11) is 1.59. The van der Waals surface area contributed by atoms with E-state index in [-0.39, 0.29) is 12.5 Å². The highest BCUT2D eigenvalue weighted by atomic mass is 16.5. The number of hydrogen-bond donors (Lipinski definition) is 1. The maximum atomic E-state index is 11.5. The Morgan fingerprint density at radius 2 is 2.00 bits per heavy atom. The lowest BCUT2D eigenvalue weighted by Gasteiger charge is -2.13. The minimum Gasteiger partial charge on any atom is -0.497 e. The number of carbonyl (C=O) groups excluding carboxylic acids is 1. The molecule has 0 fully saturated rings. The summed E-state index contributed by atoms with van der Waals surface area (Å²) in [5.41, 5.74) is 0. The molecule has 0 heterocycles. The molecule has 1 atom stereocenters. The predicted octanol–water partition coefficient (Wildman–Crippen LogP) is 1.21. The fraction of sp³-hybridized carbons (Fsp3) is 0.308. The van der Waals surface area contributed by atoms with E-state index in [9.17, 15) is 4.79 Å². The minimum atomic E-state index is -0.586. The van der Waals surface area contributed by atoms with Crippen LogP contribution in [0.25, 0.3) is 0 Å². The van der Waals surface area contributed by atoms with E-state index in [1.807, 2.05) is 0 Å². The van der Waals surface area contributed by atoms with Gasteiger partial charge in [-0.05, 0) is 31.2 Å². The van der Waals surface area contributed by atoms with Gasteiger partial charge in [0.25, 0.3) is 5.91 Å². The molecule has 1 unspecified atom stereocenters. The van der Waals surface area contributed by atoms with Gasteiger partial charge in [-0.3, -0.25) is 4.79 Å². The molecule has 1 amide bonds. The zero-order chi connectivity index (χ0) is 12.7. The molecule has 4 nitrogen and oxygen atoms in total. The predicted molar refractivity (Wildman–Crippen MR) is 64.9 cm³/mol. The summed E-state index contributed by atoms with van der Waals surface area (Å²) in [6.07, 6.45) is 4.46. The highest BCUT2D eigenvalue weighted by molar-refractivity contribution is 5.80. The normalized spacial score (nSPS) is 11.1. The van der Waals surface area contributed by atoms with Crippen LogP contribution < -0.4 is 14.8 Å². The van der Waals surface area contributed by atoms with Crippen molar-refractivity contribution in [1.29, 1.82) is 0 Å². The molecule has 0 aliphatic heterocycles. The van der Waals surface area contributed by atoms with E-state index in [2.05, 4.69) is 11.2 Å². The summed E-state index contributed by atoms with van der Waals surface area (Å²) in [5.74, 6) is 3.43. The summed E-state index contributed by atoms with van der Waals surface area (Å²) < 4.78 is 10.5. The summed E-state index contributed by atoms with van der Waals surface area (Å²) in [6.45, 7) is 1.87. The van der Waals surface area contributed by atoms with Crippen LogP contribution in [0.5, 0.6) is 11.5 Å². The first-order valence-corrected chi connectivity index (χ1v) is 5.19. The maximum Gasteiger partial charge on any atom is 0.261 e. The van der Waals surface area contributed by atoms with Gasteiger partial charge in [-0.15, -0.1) is 6.42 Å². The third-order valence-electron chi connectivity index (χ3n) is 2.11. The van der Waals surface area contributed by atoms with E-state index < -0.39 is 6.10 Å². The van der Waals surface area contributed by atoms with Gasteiger partial charge in [-0.2, -0.15) is 0 Å². The van der Waals surface area contributed by atoms with Crippen LogP contribution in [-0.2, 0) is 4.79 Å². The van der Waals surface area contributed by atoms with E-state index in [4.69, 9.17) is 15.9 Å². The second kappa shape index (κ2) is 6.44. The van der Waals surface area contributed by atoms with Gasteiger partial charge >= 0.3 is 0 Å². The second-order valence-electron chi connectivity index (χ2n) is 3.36. The molecule has 0 bridgehead atoms. The maximum absolute atomic E-state index is 11.5. The first-order chi connectivity index (χ1) is 8.17. The molecule has 1 N–H and O–H groups in total. The number of hydrogen-bond acceptors (Lipinski definition) is 3. The molecule has 4 heteroatoms. The number of nitrogens with one attached hydrogen (secondary N) is 1. The van der Waals surface area contributed by atoms with Crippen LogP contribution >= 0.6 is 0 Å². The molecular formula is C13H15NO3. The van der Waals surface area contributed by atoms with Crippen molar-refractivity contribution in [3.63, 3.8) is 0 Å². The Bertz CT molecular complexity index is 406. The van der Waals surface area contributed by atoms with Crippen molar-refractivity contribution in [1.82, 2.24) is 5.32 Å². The first-order valence-electron chi connectivity index (χ1n) is 5.19. The molecule has 1 aromatic rings. The van der Waals surface area contributed by atoms with Gasteiger partial charge in [0.1, 0.15) is 11.5 Å². The van der Waals surface area contributed by atoms with Crippen LogP contribution in [0.1, 0.15) is 6.92 Å². The molecule has 1 rings (SSSR count). The number of rotatable bonds is 5. The van der Waals surface area contributed by atoms with Crippen molar-refractivity contribution in [3.8, 4) is 23.8 Å². The van der Waals surface area contributed by atoms with Gasteiger partial charge < -0.3 is 14.8 Å². The Morgan fingerprint density at radius 1 is 1.41 bits per heavy atom. The average molecular weight is 233 g/mol. The van der Waals surface area contributed by atoms with Crippen molar-refractivity contribution in [2.75, 3.05) is 13.7 Å². The summed E-state index contributed by atoms with van der Waals surface area (Å²) in [4.78, 5) is 11.5. The highest BCUT2D eigenvalue weighted by Crippen LogP contribution is 2.18. The first kappa shape index (κ1) is 12.9. The van der Waals surface area contributed by atoms with Crippen molar-refractivity contribution in [2.24, 2.45) is 0 Å². The van der Waals surface area contributed by atoms with E-state index in [0.717, 1.165) is 5.75 Å². The van der Waals surface area contributed by atoms with Crippen molar-refractivity contribution in [2.45, 2.75) is 13.0 Å². The Hall–Kier alpha value is -2.15. The lowest BCUT2D eigenvalue weighted by molar-refractivity contribution is -0.126. The van der Waals surface area contributed by atoms with Crippen LogP contribution in [0.3, 0.4) is 0 Å². The summed E-state index contributed by atoms with van der Waals surface area (Å²) >= 11 is 0. The zero-order valence-electron chi connectivity index (χ0n) is 9.90. The lowest BCUT2D eigenvalue weighted by Crippen LogP contribution is -2.36. The molecule has 0 aliphatic carbocycles. The van der Waals surface area contributed by atoms with Gasteiger partial charge in [-0.1, -0.05) is 5.92 Å². The second-order valence-corrected chi connectivity index (χ2v) is 3.36. The molecule has 0 aliphatic rings. The molecular weight excluding hydrogens is 218 g/mol. The Labute approximate surface area is 101 Å². The Morgan fingerprint density at radius 3 is 2.53 bits per heavy atom. The number of benzene rings is 1. The van der Waals surface area contributed by atoms with Crippen LogP contribution in [0.4, 0.5) is 0 Å². The van der Waals surface area contributed by atoms with Crippen LogP contribution in [0.2, 0.25) is 0 Å². The van der Waals surface area contributed by atoms with Gasteiger partial charge in [0.2, 0.25) is 0 Å². The van der Waals surface area contributed by atoms with E-state index in [0.29, 0.717) is 5.75 Å². The van der Waals surface area contributed by atoms with E-state index >= 15 is 0 Å². The number of ether oxygens (including phenoxy) is 2. The largest absolute Gasteiger partial charge is 0.497 e. The fourth-order valence-electron chi connectivity index (χ4n) is 1.19. The standard InChI is InChI=1S/C13H15NO3/c1-4-9-14-13(15)10(2)17-12-7-5-11(16-3)6-8-12/h1,5-8,10H,9H2,2-3H3,(H,14,15). The van der Waals surface area contributed by atoms with E-state index in [1.54, 1.807) is 38.3 Å². The van der Waals surface area contributed by atoms with Crippen molar-refractivity contribution in [3.05, 3.63) is 24.3 Å². The lowest BCUT2D eigenvalue weighted by atomic mass is 10.3. The third-order valence-corrected chi connectivity index (χ3v) is 2.11. The Kier molecular flexibility index (Phi) is 4.89. The molecule has 0 aromatic heterocycles. The molecule has 0 spiro atoms. The fourth-order valence-corrected chi connectivity index (χ4v) is 1.19. The van der Waals surface area contributed by atoms with Crippen molar-refractivity contribution < 1.29 is 14.3 Å². The molecule has 1 aromatic carbocycles. The SMILES string of the molecule is C#CCNC(=O)C(C)Oc1ccc(OC)cc1. The average Bonchev–Trinajstić information content (AvgIpc) is 2.36. The highest BCUT2D eigenvalue weighted by Gasteiger charge is 2.13. The molecule has 0 saturated carbocycles. The number of amides is 1. The third kappa shape index (κ3) is 4.07. The zero-order valence-corrected chi connectivity index (χ0v) is 9.90. The number of carbonyl (C=O) groups is 1. The van der Waals surface area contributed by atoms with Gasteiger partial charge in [0.15, 0.2) is 6.10 Å². The van der Waals surface area contributed by atoms with Crippen molar-refractivity contribution >= 4 is 5.91 Å². The summed E-state index contributed by atoms with van der Waals surface area (Å²) in [5, 5.41) is 2.55. The molecule has 0 radical (unpaired) electrons. The number of terminal acetylenes is 1. The topological polar surface area (TPSA) is 47.6 Å². The minimum absolute atomic E-state index is 0.204. The van der Waals surface area contributed by atoms with Gasteiger partial charge in [-0.25, -0.2) is 0 Å². The monoisotopic (exact) mass is 233 g/mol. The Balaban J connectivity index is 2.52. The van der Waals surface area contributed by atoms with E-state index in [1.165, 1.54) is 0 Å². The molecule has 0 saturated heterocycles. The van der Waals surface area contributed by atoms with Crippen LogP contribution in [0.15, 0.2) is 24.3 Å². The quantitative estimate of drug-likeness (QED) is 0.778. The van der Waals surface area contributed by atoms with Crippen LogP contribution in [-0.4, -0.2) is 25.7 Å². The van der Waals surface area contributed by atoms with Crippen LogP contribution in [0, 0.1) is 12.3 Å². The van der Waals surface area contributed by atoms with Gasteiger partial charge in [0, 0.05) is 0 Å². The van der Waals surface area contributed by atoms with Gasteiger partial charge in [0.05, 0.1) is 13.7 Å².